The van der Waals surface area contributed by atoms with E-state index in [0.29, 0.717) is 5.56 Å². The van der Waals surface area contributed by atoms with Crippen molar-refractivity contribution in [3.63, 3.8) is 0 Å². The number of halogens is 3. The van der Waals surface area contributed by atoms with Crippen molar-refractivity contribution in [1.82, 2.24) is 19.7 Å². The van der Waals surface area contributed by atoms with E-state index >= 15 is 0 Å². The third kappa shape index (κ3) is 4.72. The van der Waals surface area contributed by atoms with Crippen LogP contribution in [0.2, 0.25) is 0 Å². The van der Waals surface area contributed by atoms with Gasteiger partial charge in [-0.1, -0.05) is 12.1 Å². The highest BCUT2D eigenvalue weighted by Crippen LogP contribution is 2.36. The maximum atomic E-state index is 12.7. The molecule has 9 heteroatoms. The van der Waals surface area contributed by atoms with Crippen LogP contribution in [0.5, 0.6) is 0 Å². The predicted octanol–water partition coefficient (Wildman–Crippen LogP) is 4.71. The third-order valence-electron chi connectivity index (χ3n) is 4.29. The van der Waals surface area contributed by atoms with E-state index in [0.717, 1.165) is 11.3 Å². The molecule has 3 aromatic rings. The first-order chi connectivity index (χ1) is 13.2. The van der Waals surface area contributed by atoms with Crippen LogP contribution < -0.4 is 0 Å². The normalized spacial score (nSPS) is 12.6. The fourth-order valence-electron chi connectivity index (χ4n) is 2.65. The van der Waals surface area contributed by atoms with Crippen LogP contribution in [0, 0.1) is 0 Å². The molecule has 2 aromatic carbocycles. The van der Waals surface area contributed by atoms with Crippen molar-refractivity contribution < 1.29 is 18.0 Å². The van der Waals surface area contributed by atoms with Crippen LogP contribution in [-0.4, -0.2) is 38.1 Å². The van der Waals surface area contributed by atoms with E-state index in [1.54, 1.807) is 23.0 Å². The van der Waals surface area contributed by atoms with Gasteiger partial charge in [0.05, 0.1) is 11.7 Å². The summed E-state index contributed by atoms with van der Waals surface area (Å²) in [5, 5.41) is 4.06. The van der Waals surface area contributed by atoms with Crippen molar-refractivity contribution in [2.24, 2.45) is 0 Å². The first-order valence-electron chi connectivity index (χ1n) is 8.32. The first kappa shape index (κ1) is 19.9. The highest BCUT2D eigenvalue weighted by Gasteiger charge is 2.29. The smallest absolute Gasteiger partial charge is 0.335 e. The lowest BCUT2D eigenvalue weighted by molar-refractivity contribution is -0.0328. The molecule has 0 aliphatic rings. The summed E-state index contributed by atoms with van der Waals surface area (Å²) in [6.07, 6.45) is 3.04. The average Bonchev–Trinajstić information content (AvgIpc) is 3.20. The van der Waals surface area contributed by atoms with Gasteiger partial charge < -0.3 is 4.90 Å². The number of hydrogen-bond acceptors (Lipinski definition) is 4. The molecule has 28 heavy (non-hydrogen) atoms. The van der Waals surface area contributed by atoms with Gasteiger partial charge in [0.15, 0.2) is 0 Å². The number of carbonyl (C=O) groups is 1. The van der Waals surface area contributed by atoms with Gasteiger partial charge in [0.25, 0.3) is 5.91 Å². The van der Waals surface area contributed by atoms with Crippen LogP contribution in [0.3, 0.4) is 0 Å². The summed E-state index contributed by atoms with van der Waals surface area (Å²) in [7, 11) is 1.66. The Morgan fingerprint density at radius 1 is 1.11 bits per heavy atom. The molecule has 1 unspecified atom stereocenters. The molecule has 0 radical (unpaired) electrons. The first-order valence-corrected chi connectivity index (χ1v) is 9.14. The monoisotopic (exact) mass is 406 g/mol. The maximum absolute atomic E-state index is 12.7. The van der Waals surface area contributed by atoms with Crippen LogP contribution in [0.4, 0.5) is 13.2 Å². The van der Waals surface area contributed by atoms with Crippen LogP contribution in [0.25, 0.3) is 5.69 Å². The van der Waals surface area contributed by atoms with E-state index in [-0.39, 0.29) is 28.6 Å². The molecular formula is C19H17F3N4OS. The Labute approximate surface area is 164 Å². The van der Waals surface area contributed by atoms with Crippen LogP contribution in [0.1, 0.15) is 28.9 Å². The van der Waals surface area contributed by atoms with Crippen molar-refractivity contribution in [2.45, 2.75) is 23.4 Å². The molecule has 0 spiro atoms. The third-order valence-corrected chi connectivity index (χ3v) is 5.03. The van der Waals surface area contributed by atoms with Crippen LogP contribution in [-0.2, 0) is 0 Å². The number of alkyl halides is 3. The van der Waals surface area contributed by atoms with Gasteiger partial charge in [-0.25, -0.2) is 9.67 Å². The SMILES string of the molecule is CC(c1ccc(-n2cncn2)cc1)N(C)C(=O)c1ccc(SC(F)(F)F)cc1. The Bertz CT molecular complexity index is 925. The Morgan fingerprint density at radius 3 is 2.29 bits per heavy atom. The second-order valence-electron chi connectivity index (χ2n) is 6.10. The zero-order valence-corrected chi connectivity index (χ0v) is 15.9. The Hall–Kier alpha value is -2.81. The molecule has 1 heterocycles. The molecule has 0 bridgehead atoms. The van der Waals surface area contributed by atoms with Crippen LogP contribution in [0.15, 0.2) is 66.1 Å². The summed E-state index contributed by atoms with van der Waals surface area (Å²) < 4.78 is 38.9. The predicted molar refractivity (Wildman–Crippen MR) is 100 cm³/mol. The van der Waals surface area contributed by atoms with Crippen LogP contribution >= 0.6 is 11.8 Å². The number of thioether (sulfide) groups is 1. The second kappa shape index (κ2) is 8.05. The van der Waals surface area contributed by atoms with E-state index in [2.05, 4.69) is 10.1 Å². The largest absolute Gasteiger partial charge is 0.446 e. The van der Waals surface area contributed by atoms with Gasteiger partial charge in [-0.3, -0.25) is 4.79 Å². The van der Waals surface area contributed by atoms with Crippen molar-refractivity contribution in [3.05, 3.63) is 72.3 Å². The van der Waals surface area contributed by atoms with E-state index in [1.165, 1.54) is 30.6 Å². The molecular weight excluding hydrogens is 389 g/mol. The zero-order chi connectivity index (χ0) is 20.3. The lowest BCUT2D eigenvalue weighted by Crippen LogP contribution is -2.29. The zero-order valence-electron chi connectivity index (χ0n) is 15.1. The van der Waals surface area contributed by atoms with E-state index in [1.807, 2.05) is 31.2 Å². The quantitative estimate of drug-likeness (QED) is 0.576. The van der Waals surface area contributed by atoms with Crippen molar-refractivity contribution in [2.75, 3.05) is 7.05 Å². The molecule has 146 valence electrons. The summed E-state index contributed by atoms with van der Waals surface area (Å²) in [6.45, 7) is 1.89. The summed E-state index contributed by atoms with van der Waals surface area (Å²) in [6, 6.07) is 12.8. The number of carbonyl (C=O) groups excluding carboxylic acids is 1. The molecule has 1 aromatic heterocycles. The van der Waals surface area contributed by atoms with Gasteiger partial charge in [-0.05, 0) is 60.6 Å². The summed E-state index contributed by atoms with van der Waals surface area (Å²) >= 11 is -0.204. The number of hydrogen-bond donors (Lipinski definition) is 0. The lowest BCUT2D eigenvalue weighted by atomic mass is 10.1. The second-order valence-corrected chi connectivity index (χ2v) is 7.23. The molecule has 1 amide bonds. The summed E-state index contributed by atoms with van der Waals surface area (Å²) in [5.41, 5.74) is -2.25. The van der Waals surface area contributed by atoms with Crippen molar-refractivity contribution in [3.8, 4) is 5.69 Å². The molecule has 0 saturated heterocycles. The highest BCUT2D eigenvalue weighted by molar-refractivity contribution is 8.00. The number of amides is 1. The molecule has 0 aliphatic carbocycles. The van der Waals surface area contributed by atoms with E-state index in [9.17, 15) is 18.0 Å². The Morgan fingerprint density at radius 2 is 1.75 bits per heavy atom. The minimum atomic E-state index is -4.35. The molecule has 5 nitrogen and oxygen atoms in total. The molecule has 0 N–H and O–H groups in total. The minimum Gasteiger partial charge on any atom is -0.335 e. The van der Waals surface area contributed by atoms with Crippen molar-refractivity contribution >= 4 is 17.7 Å². The van der Waals surface area contributed by atoms with Gasteiger partial charge in [0.2, 0.25) is 0 Å². The molecule has 0 saturated carbocycles. The van der Waals surface area contributed by atoms with Gasteiger partial charge in [0, 0.05) is 17.5 Å². The molecule has 1 atom stereocenters. The standard InChI is InChI=1S/C19H17F3N4OS/c1-13(14-3-7-16(8-4-14)26-12-23-11-24-26)25(2)18(27)15-5-9-17(10-6-15)28-19(20,21)22/h3-13H,1-2H3. The average molecular weight is 406 g/mol. The van der Waals surface area contributed by atoms with E-state index in [4.69, 9.17) is 0 Å². The van der Waals surface area contributed by atoms with Crippen molar-refractivity contribution in [1.29, 1.82) is 0 Å². The number of nitrogens with zero attached hydrogens (tertiary/aromatic N) is 4. The van der Waals surface area contributed by atoms with Gasteiger partial charge >= 0.3 is 5.51 Å². The highest BCUT2D eigenvalue weighted by atomic mass is 32.2. The molecule has 0 aliphatic heterocycles. The fraction of sp³-hybridized carbons (Fsp3) is 0.211. The van der Waals surface area contributed by atoms with E-state index < -0.39 is 5.51 Å². The molecule has 3 rings (SSSR count). The minimum absolute atomic E-state index is 0.0449. The number of benzene rings is 2. The Kier molecular flexibility index (Phi) is 5.73. The van der Waals surface area contributed by atoms with Gasteiger partial charge in [-0.15, -0.1) is 0 Å². The Balaban J connectivity index is 1.70. The van der Waals surface area contributed by atoms with Gasteiger partial charge in [0.1, 0.15) is 12.7 Å². The summed E-state index contributed by atoms with van der Waals surface area (Å²) in [4.78, 5) is 18.2. The molecule has 0 fully saturated rings. The lowest BCUT2D eigenvalue weighted by Gasteiger charge is -2.25. The fourth-order valence-corrected chi connectivity index (χ4v) is 3.19. The number of aromatic nitrogens is 3. The summed E-state index contributed by atoms with van der Waals surface area (Å²) in [5.74, 6) is -0.267. The van der Waals surface area contributed by atoms with Gasteiger partial charge in [-0.2, -0.15) is 18.3 Å². The topological polar surface area (TPSA) is 51.0 Å². The number of rotatable bonds is 5. The maximum Gasteiger partial charge on any atom is 0.446 e.